The highest BCUT2D eigenvalue weighted by atomic mass is 16.3. The molecule has 0 bridgehead atoms. The lowest BCUT2D eigenvalue weighted by molar-refractivity contribution is 0.662. The molecular weight excluding hydrogens is 859 g/mol. The van der Waals surface area contributed by atoms with E-state index in [4.69, 9.17) is 4.42 Å². The molecule has 0 saturated carbocycles. The highest BCUT2D eigenvalue weighted by Crippen LogP contribution is 2.55. The minimum absolute atomic E-state index is 0.156. The summed E-state index contributed by atoms with van der Waals surface area (Å²) in [4.78, 5) is 2.45. The van der Waals surface area contributed by atoms with Crippen LogP contribution in [0.1, 0.15) is 48.6 Å². The van der Waals surface area contributed by atoms with Crippen LogP contribution in [0.5, 0.6) is 0 Å². The number of para-hydroxylation sites is 1. The van der Waals surface area contributed by atoms with Gasteiger partial charge in [-0.05, 0) is 139 Å². The number of hydrogen-bond acceptors (Lipinski definition) is 2. The molecule has 1 unspecified atom stereocenters. The second kappa shape index (κ2) is 15.7. The van der Waals surface area contributed by atoms with Crippen LogP contribution < -0.4 is 4.90 Å². The molecule has 11 aromatic carbocycles. The van der Waals surface area contributed by atoms with Gasteiger partial charge in [-0.15, -0.1) is 0 Å². The van der Waals surface area contributed by atoms with Gasteiger partial charge in [0.05, 0.1) is 5.69 Å². The van der Waals surface area contributed by atoms with E-state index in [1.54, 1.807) is 0 Å². The zero-order chi connectivity index (χ0) is 47.4. The molecule has 1 heterocycles. The summed E-state index contributed by atoms with van der Waals surface area (Å²) in [5, 5.41) is 4.52. The Morgan fingerprint density at radius 2 is 1.00 bits per heavy atom. The zero-order valence-electron chi connectivity index (χ0n) is 39.9. The summed E-state index contributed by atoms with van der Waals surface area (Å²) in [5.41, 5.74) is 23.7. The average Bonchev–Trinajstić information content (AvgIpc) is 4.03. The maximum atomic E-state index is 6.76. The van der Waals surface area contributed by atoms with Gasteiger partial charge in [0, 0.05) is 43.9 Å². The number of hydrogen-bond donors (Lipinski definition) is 0. The molecule has 2 aliphatic rings. The summed E-state index contributed by atoms with van der Waals surface area (Å²) in [5.74, 6) is 0. The molecule has 0 saturated heterocycles. The molecule has 0 N–H and O–H groups in total. The van der Waals surface area contributed by atoms with Gasteiger partial charge in [0.1, 0.15) is 11.2 Å². The third-order valence-electron chi connectivity index (χ3n) is 15.9. The van der Waals surface area contributed by atoms with Crippen LogP contribution in [0.15, 0.2) is 247 Å². The highest BCUT2D eigenvalue weighted by molar-refractivity contribution is 6.19. The van der Waals surface area contributed by atoms with Gasteiger partial charge in [0.15, 0.2) is 0 Å². The van der Waals surface area contributed by atoms with Gasteiger partial charge in [0.2, 0.25) is 0 Å². The van der Waals surface area contributed by atoms with Gasteiger partial charge >= 0.3 is 0 Å². The fourth-order valence-electron chi connectivity index (χ4n) is 12.6. The molecule has 1 atom stereocenters. The van der Waals surface area contributed by atoms with Crippen molar-refractivity contribution in [2.24, 2.45) is 0 Å². The van der Waals surface area contributed by atoms with Gasteiger partial charge in [-0.3, -0.25) is 0 Å². The lowest BCUT2D eigenvalue weighted by atomic mass is 9.74. The van der Waals surface area contributed by atoms with E-state index in [2.05, 4.69) is 268 Å². The van der Waals surface area contributed by atoms with Crippen LogP contribution in [0.3, 0.4) is 0 Å². The van der Waals surface area contributed by atoms with Crippen molar-refractivity contribution in [1.29, 1.82) is 0 Å². The second-order valence-corrected chi connectivity index (χ2v) is 20.1. The maximum Gasteiger partial charge on any atom is 0.143 e. The van der Waals surface area contributed by atoms with Gasteiger partial charge in [-0.2, -0.15) is 0 Å². The minimum atomic E-state index is -0.276. The number of anilines is 3. The van der Waals surface area contributed by atoms with Crippen LogP contribution in [0.4, 0.5) is 17.1 Å². The van der Waals surface area contributed by atoms with Gasteiger partial charge in [0.25, 0.3) is 0 Å². The van der Waals surface area contributed by atoms with E-state index in [0.717, 1.165) is 55.5 Å². The largest absolute Gasteiger partial charge is 0.455 e. The Kier molecular flexibility index (Phi) is 9.10. The Labute approximate surface area is 414 Å². The number of benzene rings is 11. The first-order valence-electron chi connectivity index (χ1n) is 24.8. The fourth-order valence-corrected chi connectivity index (χ4v) is 12.6. The predicted molar refractivity (Wildman–Crippen MR) is 297 cm³/mol. The standard InChI is InChI=1S/C69H49NO/c1-68(2)60-30-12-9-25-54(60)58-29-16-27-51(66(58)68)47-19-15-22-50(42-47)70(63-32-14-11-26-56(63)57-28-17-33-64-65(57)59-41-36-45-18-7-8-23-52(45)67(59)71-64)49-38-34-44(35-39-49)46-37-40-55-53-24-10-13-31-61(53)69(3,62(55)43-46)48-20-5-4-6-21-48/h4-43H,1-3H3. The molecule has 0 aliphatic heterocycles. The second-order valence-electron chi connectivity index (χ2n) is 20.1. The number of rotatable bonds is 7. The third-order valence-corrected chi connectivity index (χ3v) is 15.9. The average molecular weight is 908 g/mol. The van der Waals surface area contributed by atoms with Gasteiger partial charge in [-0.25, -0.2) is 0 Å². The molecule has 0 fully saturated rings. The van der Waals surface area contributed by atoms with Crippen molar-refractivity contribution in [2.75, 3.05) is 4.90 Å². The van der Waals surface area contributed by atoms with Crippen molar-refractivity contribution in [3.05, 3.63) is 270 Å². The van der Waals surface area contributed by atoms with E-state index < -0.39 is 0 Å². The van der Waals surface area contributed by atoms with Crippen molar-refractivity contribution in [2.45, 2.75) is 31.6 Å². The Balaban J connectivity index is 0.940. The molecule has 1 aromatic heterocycles. The SMILES string of the molecule is CC1(C)c2ccccc2-c2cccc(-c3cccc(N(c4ccc(-c5ccc6c(c5)C(C)(c5ccccc5)c5ccccc5-6)cc4)c4ccccc4-c4cccc5oc6c7ccccc7ccc6c45)c3)c21. The molecule has 14 rings (SSSR count). The van der Waals surface area contributed by atoms with Crippen LogP contribution in [-0.2, 0) is 10.8 Å². The Morgan fingerprint density at radius 1 is 0.366 bits per heavy atom. The van der Waals surface area contributed by atoms with Crippen LogP contribution in [0.25, 0.3) is 88.3 Å². The Morgan fingerprint density at radius 3 is 1.85 bits per heavy atom. The molecule has 0 radical (unpaired) electrons. The predicted octanol–water partition coefficient (Wildman–Crippen LogP) is 18.9. The normalized spacial score (nSPS) is 15.1. The van der Waals surface area contributed by atoms with Gasteiger partial charge in [-0.1, -0.05) is 208 Å². The maximum absolute atomic E-state index is 6.76. The summed E-state index contributed by atoms with van der Waals surface area (Å²) in [6.45, 7) is 7.14. The van der Waals surface area contributed by atoms with Gasteiger partial charge < -0.3 is 9.32 Å². The lowest BCUT2D eigenvalue weighted by Gasteiger charge is -2.29. The smallest absolute Gasteiger partial charge is 0.143 e. The minimum Gasteiger partial charge on any atom is -0.455 e. The summed E-state index contributed by atoms with van der Waals surface area (Å²) in [7, 11) is 0. The Bertz CT molecular complexity index is 4100. The third kappa shape index (κ3) is 6.14. The first-order chi connectivity index (χ1) is 34.9. The van der Waals surface area contributed by atoms with E-state index in [9.17, 15) is 0 Å². The van der Waals surface area contributed by atoms with E-state index in [0.29, 0.717) is 0 Å². The zero-order valence-corrected chi connectivity index (χ0v) is 39.9. The van der Waals surface area contributed by atoms with Crippen molar-refractivity contribution in [1.82, 2.24) is 0 Å². The van der Waals surface area contributed by atoms with E-state index in [-0.39, 0.29) is 10.8 Å². The van der Waals surface area contributed by atoms with Crippen LogP contribution in [0.2, 0.25) is 0 Å². The molecule has 71 heavy (non-hydrogen) atoms. The number of fused-ring (bicyclic) bond motifs is 11. The molecule has 2 nitrogen and oxygen atoms in total. The van der Waals surface area contributed by atoms with Crippen molar-refractivity contribution in [3.63, 3.8) is 0 Å². The summed E-state index contributed by atoms with van der Waals surface area (Å²) in [6.07, 6.45) is 0. The van der Waals surface area contributed by atoms with Crippen molar-refractivity contribution >= 4 is 49.8 Å². The first kappa shape index (κ1) is 41.3. The van der Waals surface area contributed by atoms with E-state index >= 15 is 0 Å². The molecule has 336 valence electrons. The molecule has 2 aliphatic carbocycles. The molecule has 12 aromatic rings. The molecular formula is C69H49NO. The summed E-state index contributed by atoms with van der Waals surface area (Å²) >= 11 is 0. The van der Waals surface area contributed by atoms with Crippen molar-refractivity contribution in [3.8, 4) is 55.6 Å². The highest BCUT2D eigenvalue weighted by Gasteiger charge is 2.41. The quantitative estimate of drug-likeness (QED) is 0.158. The van der Waals surface area contributed by atoms with Crippen LogP contribution in [-0.4, -0.2) is 0 Å². The summed E-state index contributed by atoms with van der Waals surface area (Å²) < 4.78 is 6.76. The van der Waals surface area contributed by atoms with E-state index in [1.165, 1.54) is 77.7 Å². The van der Waals surface area contributed by atoms with Crippen molar-refractivity contribution < 1.29 is 4.42 Å². The lowest BCUT2D eigenvalue weighted by Crippen LogP contribution is -2.22. The topological polar surface area (TPSA) is 16.4 Å². The fraction of sp³-hybridized carbons (Fsp3) is 0.0725. The molecule has 0 spiro atoms. The molecule has 2 heteroatoms. The Hall–Kier alpha value is -8.72. The van der Waals surface area contributed by atoms with Crippen LogP contribution >= 0.6 is 0 Å². The number of furan rings is 1. The monoisotopic (exact) mass is 907 g/mol. The van der Waals surface area contributed by atoms with E-state index in [1.807, 2.05) is 0 Å². The first-order valence-corrected chi connectivity index (χ1v) is 24.8. The summed E-state index contributed by atoms with van der Waals surface area (Å²) in [6, 6.07) is 89.4. The molecule has 0 amide bonds. The number of nitrogens with zero attached hydrogens (tertiary/aromatic N) is 1. The van der Waals surface area contributed by atoms with Crippen LogP contribution in [0, 0.1) is 0 Å².